The van der Waals surface area contributed by atoms with Crippen LogP contribution in [0.3, 0.4) is 0 Å². The van der Waals surface area contributed by atoms with Crippen molar-refractivity contribution < 1.29 is 4.52 Å². The molecule has 0 radical (unpaired) electrons. The predicted octanol–water partition coefficient (Wildman–Crippen LogP) is 4.46. The smallest absolute Gasteiger partial charge is 0.177 e. The molecule has 0 spiro atoms. The topological polar surface area (TPSA) is 52.0 Å². The number of anilines is 1. The van der Waals surface area contributed by atoms with Crippen LogP contribution in [0, 0.1) is 6.92 Å². The maximum atomic E-state index is 6.05. The molecule has 1 aromatic heterocycles. The second-order valence-electron chi connectivity index (χ2n) is 5.15. The van der Waals surface area contributed by atoms with Crippen LogP contribution in [0.2, 0.25) is 0 Å². The molecule has 0 unspecified atom stereocenters. The van der Waals surface area contributed by atoms with E-state index < -0.39 is 0 Å². The molecule has 0 saturated carbocycles. The van der Waals surface area contributed by atoms with E-state index in [9.17, 15) is 0 Å². The standard InChI is InChI=1S/C18H18N2O/c1-3-13-8-4-5-10-15(13)17-16(18(19)20-21-17)14-9-6-7-12(2)11-14/h4-11H,3H2,1-2H3,(H2,19,20). The van der Waals surface area contributed by atoms with E-state index in [0.717, 1.165) is 28.9 Å². The van der Waals surface area contributed by atoms with Crippen LogP contribution in [0.5, 0.6) is 0 Å². The van der Waals surface area contributed by atoms with E-state index in [2.05, 4.69) is 43.3 Å². The molecule has 0 aliphatic rings. The van der Waals surface area contributed by atoms with Gasteiger partial charge in [0.2, 0.25) is 0 Å². The number of aryl methyl sites for hydroxylation is 2. The molecule has 0 saturated heterocycles. The Morgan fingerprint density at radius 1 is 1.10 bits per heavy atom. The summed E-state index contributed by atoms with van der Waals surface area (Å²) < 4.78 is 5.54. The zero-order chi connectivity index (χ0) is 14.8. The third-order valence-electron chi connectivity index (χ3n) is 3.67. The first kappa shape index (κ1) is 13.4. The highest BCUT2D eigenvalue weighted by molar-refractivity contribution is 5.87. The third kappa shape index (κ3) is 2.42. The monoisotopic (exact) mass is 278 g/mol. The van der Waals surface area contributed by atoms with Crippen molar-refractivity contribution in [2.75, 3.05) is 5.73 Å². The van der Waals surface area contributed by atoms with Crippen LogP contribution < -0.4 is 5.73 Å². The van der Waals surface area contributed by atoms with Crippen molar-refractivity contribution in [1.29, 1.82) is 0 Å². The van der Waals surface area contributed by atoms with Gasteiger partial charge in [-0.2, -0.15) is 0 Å². The summed E-state index contributed by atoms with van der Waals surface area (Å²) in [5.41, 5.74) is 11.4. The molecule has 3 rings (SSSR count). The molecule has 0 amide bonds. The van der Waals surface area contributed by atoms with Crippen LogP contribution in [-0.4, -0.2) is 5.16 Å². The average Bonchev–Trinajstić information content (AvgIpc) is 2.88. The predicted molar refractivity (Wildman–Crippen MR) is 85.9 cm³/mol. The van der Waals surface area contributed by atoms with Crippen molar-refractivity contribution in [2.24, 2.45) is 0 Å². The van der Waals surface area contributed by atoms with Crippen molar-refractivity contribution in [3.63, 3.8) is 0 Å². The Morgan fingerprint density at radius 2 is 1.90 bits per heavy atom. The van der Waals surface area contributed by atoms with Gasteiger partial charge in [-0.1, -0.05) is 66.2 Å². The van der Waals surface area contributed by atoms with Crippen LogP contribution in [0.15, 0.2) is 53.1 Å². The third-order valence-corrected chi connectivity index (χ3v) is 3.67. The number of rotatable bonds is 3. The number of benzene rings is 2. The molecule has 1 heterocycles. The summed E-state index contributed by atoms with van der Waals surface area (Å²) in [4.78, 5) is 0. The Bertz CT molecular complexity index is 774. The van der Waals surface area contributed by atoms with E-state index in [1.807, 2.05) is 24.3 Å². The molecule has 0 atom stereocenters. The minimum Gasteiger partial charge on any atom is -0.380 e. The zero-order valence-electron chi connectivity index (χ0n) is 12.3. The SMILES string of the molecule is CCc1ccccc1-c1onc(N)c1-c1cccc(C)c1. The van der Waals surface area contributed by atoms with Crippen molar-refractivity contribution in [3.05, 3.63) is 59.7 Å². The number of hydrogen-bond acceptors (Lipinski definition) is 3. The minimum atomic E-state index is 0.432. The Kier molecular flexibility index (Phi) is 3.48. The van der Waals surface area contributed by atoms with Crippen molar-refractivity contribution in [2.45, 2.75) is 20.3 Å². The Labute approximate surface area is 124 Å². The van der Waals surface area contributed by atoms with Crippen LogP contribution in [0.4, 0.5) is 5.82 Å². The number of aromatic nitrogens is 1. The van der Waals surface area contributed by atoms with Gasteiger partial charge in [0.05, 0.1) is 5.56 Å². The fourth-order valence-electron chi connectivity index (χ4n) is 2.62. The van der Waals surface area contributed by atoms with Gasteiger partial charge < -0.3 is 10.3 Å². The second-order valence-corrected chi connectivity index (χ2v) is 5.15. The lowest BCUT2D eigenvalue weighted by Crippen LogP contribution is -1.91. The van der Waals surface area contributed by atoms with Gasteiger partial charge in [0, 0.05) is 5.56 Å². The molecule has 2 N–H and O–H groups in total. The summed E-state index contributed by atoms with van der Waals surface area (Å²) in [6.45, 7) is 4.19. The molecule has 106 valence electrons. The van der Waals surface area contributed by atoms with Gasteiger partial charge in [-0.05, 0) is 24.5 Å². The summed E-state index contributed by atoms with van der Waals surface area (Å²) in [6.07, 6.45) is 0.935. The number of nitrogens with zero attached hydrogens (tertiary/aromatic N) is 1. The van der Waals surface area contributed by atoms with Crippen LogP contribution in [0.25, 0.3) is 22.5 Å². The average molecular weight is 278 g/mol. The summed E-state index contributed by atoms with van der Waals surface area (Å²) in [7, 11) is 0. The molecule has 2 aromatic carbocycles. The van der Waals surface area contributed by atoms with Crippen molar-refractivity contribution in [1.82, 2.24) is 5.16 Å². The van der Waals surface area contributed by atoms with E-state index in [1.165, 1.54) is 11.1 Å². The number of hydrogen-bond donors (Lipinski definition) is 1. The molecular weight excluding hydrogens is 260 g/mol. The van der Waals surface area contributed by atoms with Gasteiger partial charge in [0.15, 0.2) is 11.6 Å². The number of nitrogens with two attached hydrogens (primary N) is 1. The van der Waals surface area contributed by atoms with E-state index >= 15 is 0 Å². The maximum absolute atomic E-state index is 6.05. The normalized spacial score (nSPS) is 10.8. The van der Waals surface area contributed by atoms with E-state index in [4.69, 9.17) is 10.3 Å². The van der Waals surface area contributed by atoms with Gasteiger partial charge in [0.1, 0.15) is 0 Å². The quantitative estimate of drug-likeness (QED) is 0.769. The summed E-state index contributed by atoms with van der Waals surface area (Å²) in [5.74, 6) is 1.18. The second kappa shape index (κ2) is 5.44. The zero-order valence-corrected chi connectivity index (χ0v) is 12.3. The lowest BCUT2D eigenvalue weighted by atomic mass is 9.96. The largest absolute Gasteiger partial charge is 0.380 e. The molecule has 3 aromatic rings. The molecule has 21 heavy (non-hydrogen) atoms. The van der Waals surface area contributed by atoms with Gasteiger partial charge >= 0.3 is 0 Å². The molecule has 0 aliphatic carbocycles. The first-order chi connectivity index (χ1) is 10.2. The van der Waals surface area contributed by atoms with Gasteiger partial charge in [-0.25, -0.2) is 0 Å². The molecule has 0 aliphatic heterocycles. The molecule has 3 nitrogen and oxygen atoms in total. The van der Waals surface area contributed by atoms with Crippen LogP contribution >= 0.6 is 0 Å². The van der Waals surface area contributed by atoms with E-state index in [1.54, 1.807) is 0 Å². The molecule has 3 heteroatoms. The lowest BCUT2D eigenvalue weighted by molar-refractivity contribution is 0.436. The van der Waals surface area contributed by atoms with Gasteiger partial charge in [-0.15, -0.1) is 0 Å². The fourth-order valence-corrected chi connectivity index (χ4v) is 2.62. The first-order valence-electron chi connectivity index (χ1n) is 7.11. The highest BCUT2D eigenvalue weighted by Gasteiger charge is 2.19. The molecule has 0 fully saturated rings. The molecular formula is C18H18N2O. The first-order valence-corrected chi connectivity index (χ1v) is 7.11. The van der Waals surface area contributed by atoms with Crippen LogP contribution in [0.1, 0.15) is 18.1 Å². The van der Waals surface area contributed by atoms with Crippen molar-refractivity contribution >= 4 is 5.82 Å². The molecule has 0 bridgehead atoms. The van der Waals surface area contributed by atoms with Gasteiger partial charge in [-0.3, -0.25) is 0 Å². The van der Waals surface area contributed by atoms with Gasteiger partial charge in [0.25, 0.3) is 0 Å². The Morgan fingerprint density at radius 3 is 2.67 bits per heavy atom. The summed E-state index contributed by atoms with van der Waals surface area (Å²) >= 11 is 0. The van der Waals surface area contributed by atoms with Crippen LogP contribution in [-0.2, 0) is 6.42 Å². The van der Waals surface area contributed by atoms with Crippen molar-refractivity contribution in [3.8, 4) is 22.5 Å². The Hall–Kier alpha value is -2.55. The Balaban J connectivity index is 2.22. The minimum absolute atomic E-state index is 0.432. The summed E-state index contributed by atoms with van der Waals surface area (Å²) in [6, 6.07) is 16.4. The van der Waals surface area contributed by atoms with E-state index in [-0.39, 0.29) is 0 Å². The maximum Gasteiger partial charge on any atom is 0.177 e. The summed E-state index contributed by atoms with van der Waals surface area (Å²) in [5, 5.41) is 3.98. The lowest BCUT2D eigenvalue weighted by Gasteiger charge is -2.07. The fraction of sp³-hybridized carbons (Fsp3) is 0.167. The highest BCUT2D eigenvalue weighted by atomic mass is 16.5. The van der Waals surface area contributed by atoms with E-state index in [0.29, 0.717) is 5.82 Å². The number of nitrogen functional groups attached to an aromatic ring is 1. The highest BCUT2D eigenvalue weighted by Crippen LogP contribution is 2.38.